The van der Waals surface area contributed by atoms with Crippen molar-refractivity contribution in [1.82, 2.24) is 24.5 Å². The van der Waals surface area contributed by atoms with Crippen molar-refractivity contribution in [2.24, 2.45) is 7.05 Å². The molecule has 8 heteroatoms. The van der Waals surface area contributed by atoms with Gasteiger partial charge in [-0.3, -0.25) is 18.6 Å². The number of hydrogen-bond acceptors (Lipinski definition) is 5. The van der Waals surface area contributed by atoms with Crippen LogP contribution in [0.2, 0.25) is 0 Å². The van der Waals surface area contributed by atoms with Crippen molar-refractivity contribution < 1.29 is 4.79 Å². The van der Waals surface area contributed by atoms with Crippen LogP contribution in [0.15, 0.2) is 46.9 Å². The molecule has 3 rings (SSSR count). The third kappa shape index (κ3) is 2.72. The normalized spacial score (nSPS) is 11.0. The maximum Gasteiger partial charge on any atom is 0.262 e. The maximum atomic E-state index is 12.3. The van der Waals surface area contributed by atoms with Crippen molar-refractivity contribution >= 4 is 34.3 Å². The average molecular weight is 329 g/mol. The molecule has 0 saturated heterocycles. The first-order chi connectivity index (χ1) is 11.1. The highest BCUT2D eigenvalue weighted by Gasteiger charge is 2.15. The topological polar surface area (TPSA) is 81.3 Å². The zero-order valence-electron chi connectivity index (χ0n) is 12.5. The molecular formula is C15H15N5O2S. The van der Waals surface area contributed by atoms with Crippen LogP contribution >= 0.6 is 11.8 Å². The van der Waals surface area contributed by atoms with Gasteiger partial charge in [0.05, 0.1) is 16.7 Å². The van der Waals surface area contributed by atoms with E-state index in [0.717, 1.165) is 5.52 Å². The second kappa shape index (κ2) is 6.25. The van der Waals surface area contributed by atoms with E-state index in [4.69, 9.17) is 0 Å². The molecule has 23 heavy (non-hydrogen) atoms. The summed E-state index contributed by atoms with van der Waals surface area (Å²) in [5.74, 6) is 0.551. The summed E-state index contributed by atoms with van der Waals surface area (Å²) >= 11 is 1.27. The standard InChI is InChI=1S/C15H15N5O2S/c1-3-8-16-12(21)9-23-15-18-17-14-19(2)13(22)10-6-4-5-7-11(10)20(14)15/h3-7H,1,8-9H2,2H3,(H,16,21). The predicted octanol–water partition coefficient (Wildman–Crippen LogP) is 0.975. The van der Waals surface area contributed by atoms with Crippen molar-refractivity contribution in [3.63, 3.8) is 0 Å². The van der Waals surface area contributed by atoms with Gasteiger partial charge in [-0.1, -0.05) is 30.0 Å². The first kappa shape index (κ1) is 15.3. The van der Waals surface area contributed by atoms with Crippen LogP contribution in [0, 0.1) is 0 Å². The number of aromatic nitrogens is 4. The number of carbonyl (C=O) groups excluding carboxylic acids is 1. The Morgan fingerprint density at radius 1 is 1.39 bits per heavy atom. The van der Waals surface area contributed by atoms with Crippen LogP contribution in [0.3, 0.4) is 0 Å². The first-order valence-electron chi connectivity index (χ1n) is 6.96. The molecule has 0 bridgehead atoms. The van der Waals surface area contributed by atoms with Crippen LogP contribution in [-0.4, -0.2) is 37.4 Å². The van der Waals surface area contributed by atoms with Gasteiger partial charge in [0.2, 0.25) is 11.7 Å². The highest BCUT2D eigenvalue weighted by molar-refractivity contribution is 7.99. The number of thioether (sulfide) groups is 1. The second-order valence-corrected chi connectivity index (χ2v) is 5.82. The van der Waals surface area contributed by atoms with Crippen LogP contribution in [0.5, 0.6) is 0 Å². The van der Waals surface area contributed by atoms with Crippen molar-refractivity contribution in [2.75, 3.05) is 12.3 Å². The fourth-order valence-electron chi connectivity index (χ4n) is 2.27. The molecule has 0 spiro atoms. The monoisotopic (exact) mass is 329 g/mol. The molecular weight excluding hydrogens is 314 g/mol. The van der Waals surface area contributed by atoms with Crippen molar-refractivity contribution in [3.8, 4) is 0 Å². The number of para-hydroxylation sites is 1. The van der Waals surface area contributed by atoms with Crippen molar-refractivity contribution in [2.45, 2.75) is 5.16 Å². The summed E-state index contributed by atoms with van der Waals surface area (Å²) in [7, 11) is 1.66. The molecule has 118 valence electrons. The van der Waals surface area contributed by atoms with E-state index in [1.165, 1.54) is 16.3 Å². The summed E-state index contributed by atoms with van der Waals surface area (Å²) in [4.78, 5) is 24.1. The van der Waals surface area contributed by atoms with Gasteiger partial charge in [-0.05, 0) is 12.1 Å². The van der Waals surface area contributed by atoms with Crippen LogP contribution in [0.4, 0.5) is 0 Å². The Morgan fingerprint density at radius 2 is 2.17 bits per heavy atom. The van der Waals surface area contributed by atoms with Gasteiger partial charge in [0.25, 0.3) is 5.56 Å². The average Bonchev–Trinajstić information content (AvgIpc) is 3.00. The van der Waals surface area contributed by atoms with Gasteiger partial charge in [0, 0.05) is 13.6 Å². The summed E-state index contributed by atoms with van der Waals surface area (Å²) in [6.07, 6.45) is 1.62. The van der Waals surface area contributed by atoms with Gasteiger partial charge in [0.15, 0.2) is 5.16 Å². The zero-order chi connectivity index (χ0) is 16.4. The van der Waals surface area contributed by atoms with Gasteiger partial charge in [-0.15, -0.1) is 16.8 Å². The Morgan fingerprint density at radius 3 is 2.96 bits per heavy atom. The Kier molecular flexibility index (Phi) is 4.16. The summed E-state index contributed by atoms with van der Waals surface area (Å²) in [6, 6.07) is 7.28. The number of carbonyl (C=O) groups is 1. The minimum absolute atomic E-state index is 0.110. The lowest BCUT2D eigenvalue weighted by Crippen LogP contribution is -2.25. The van der Waals surface area contributed by atoms with Crippen LogP contribution in [-0.2, 0) is 11.8 Å². The number of aryl methyl sites for hydroxylation is 1. The molecule has 1 aromatic carbocycles. The Labute approximate surface area is 136 Å². The lowest BCUT2D eigenvalue weighted by atomic mass is 10.2. The molecule has 2 aromatic heterocycles. The van der Waals surface area contributed by atoms with E-state index in [1.54, 1.807) is 23.6 Å². The number of fused-ring (bicyclic) bond motifs is 3. The minimum atomic E-state index is -0.124. The Balaban J connectivity index is 2.04. The lowest BCUT2D eigenvalue weighted by Gasteiger charge is -2.07. The SMILES string of the molecule is C=CCNC(=O)CSc1nnc2n(C)c(=O)c3ccccc3n12. The number of benzene rings is 1. The number of rotatable bonds is 5. The number of nitrogens with zero attached hydrogens (tertiary/aromatic N) is 4. The molecule has 2 heterocycles. The number of hydrogen-bond donors (Lipinski definition) is 1. The summed E-state index contributed by atoms with van der Waals surface area (Å²) in [5.41, 5.74) is 0.602. The molecule has 0 saturated carbocycles. The van der Waals surface area contributed by atoms with Gasteiger partial charge in [0.1, 0.15) is 0 Å². The summed E-state index contributed by atoms with van der Waals surface area (Å²) in [5, 5.41) is 12.1. The van der Waals surface area contributed by atoms with Crippen LogP contribution in [0.25, 0.3) is 16.7 Å². The van der Waals surface area contributed by atoms with E-state index in [0.29, 0.717) is 22.9 Å². The molecule has 0 unspecified atom stereocenters. The van der Waals surface area contributed by atoms with Gasteiger partial charge in [-0.25, -0.2) is 0 Å². The van der Waals surface area contributed by atoms with Crippen LogP contribution < -0.4 is 10.9 Å². The van der Waals surface area contributed by atoms with E-state index >= 15 is 0 Å². The molecule has 1 amide bonds. The van der Waals surface area contributed by atoms with Gasteiger partial charge in [-0.2, -0.15) is 0 Å². The second-order valence-electron chi connectivity index (χ2n) is 4.88. The first-order valence-corrected chi connectivity index (χ1v) is 7.95. The molecule has 0 aliphatic heterocycles. The molecule has 0 radical (unpaired) electrons. The molecule has 0 aliphatic carbocycles. The molecule has 7 nitrogen and oxygen atoms in total. The predicted molar refractivity (Wildman–Crippen MR) is 89.7 cm³/mol. The highest BCUT2D eigenvalue weighted by Crippen LogP contribution is 2.20. The van der Waals surface area contributed by atoms with E-state index < -0.39 is 0 Å². The molecule has 0 aliphatic rings. The third-order valence-electron chi connectivity index (χ3n) is 3.37. The van der Waals surface area contributed by atoms with E-state index in [-0.39, 0.29) is 17.2 Å². The maximum absolute atomic E-state index is 12.3. The highest BCUT2D eigenvalue weighted by atomic mass is 32.2. The van der Waals surface area contributed by atoms with Gasteiger partial charge >= 0.3 is 0 Å². The number of amides is 1. The van der Waals surface area contributed by atoms with E-state index in [1.807, 2.05) is 18.2 Å². The Hall–Kier alpha value is -2.61. The molecule has 3 aromatic rings. The van der Waals surface area contributed by atoms with E-state index in [9.17, 15) is 9.59 Å². The van der Waals surface area contributed by atoms with Crippen molar-refractivity contribution in [1.29, 1.82) is 0 Å². The largest absolute Gasteiger partial charge is 0.352 e. The van der Waals surface area contributed by atoms with Crippen LogP contribution in [0.1, 0.15) is 0 Å². The van der Waals surface area contributed by atoms with Gasteiger partial charge < -0.3 is 5.32 Å². The fourth-order valence-corrected chi connectivity index (χ4v) is 3.04. The molecule has 1 N–H and O–H groups in total. The zero-order valence-corrected chi connectivity index (χ0v) is 13.3. The quantitative estimate of drug-likeness (QED) is 0.557. The lowest BCUT2D eigenvalue weighted by molar-refractivity contribution is -0.118. The summed E-state index contributed by atoms with van der Waals surface area (Å²) in [6.45, 7) is 3.98. The molecule has 0 fully saturated rings. The summed E-state index contributed by atoms with van der Waals surface area (Å²) < 4.78 is 3.25. The third-order valence-corrected chi connectivity index (χ3v) is 4.30. The van der Waals surface area contributed by atoms with Crippen molar-refractivity contribution in [3.05, 3.63) is 47.3 Å². The Bertz CT molecular complexity index is 960. The smallest absolute Gasteiger partial charge is 0.262 e. The number of nitrogens with one attached hydrogen (secondary N) is 1. The van der Waals surface area contributed by atoms with E-state index in [2.05, 4.69) is 22.1 Å². The fraction of sp³-hybridized carbons (Fsp3) is 0.200. The molecule has 0 atom stereocenters. The minimum Gasteiger partial charge on any atom is -0.352 e.